The van der Waals surface area contributed by atoms with Crippen LogP contribution in [0.25, 0.3) is 0 Å². The van der Waals surface area contributed by atoms with Crippen LogP contribution in [0.15, 0.2) is 28.1 Å². The van der Waals surface area contributed by atoms with Crippen molar-refractivity contribution in [1.82, 2.24) is 4.98 Å². The number of hydrogen-bond donors (Lipinski definition) is 1. The Morgan fingerprint density at radius 2 is 2.32 bits per heavy atom. The Morgan fingerprint density at radius 3 is 2.95 bits per heavy atom. The van der Waals surface area contributed by atoms with E-state index in [1.54, 1.807) is 12.1 Å². The number of amides is 1. The van der Waals surface area contributed by atoms with Crippen molar-refractivity contribution >= 4 is 50.5 Å². The zero-order chi connectivity index (χ0) is 13.8. The molecule has 0 aliphatic carbocycles. The van der Waals surface area contributed by atoms with E-state index in [1.165, 1.54) is 17.4 Å². The lowest BCUT2D eigenvalue weighted by Gasteiger charge is -2.04. The Morgan fingerprint density at radius 1 is 1.53 bits per heavy atom. The number of nitrogens with one attached hydrogen (secondary N) is 1. The van der Waals surface area contributed by atoms with Crippen LogP contribution in [0.5, 0.6) is 0 Å². The van der Waals surface area contributed by atoms with E-state index in [0.29, 0.717) is 21.0 Å². The molecule has 0 fully saturated rings. The Balaban J connectivity index is 1.98. The molecule has 7 heteroatoms. The minimum atomic E-state index is -0.420. The molecule has 0 atom stereocenters. The average molecular weight is 364 g/mol. The molecule has 0 unspecified atom stereocenters. The third kappa shape index (κ3) is 3.99. The highest BCUT2D eigenvalue weighted by Crippen LogP contribution is 2.19. The van der Waals surface area contributed by atoms with E-state index in [2.05, 4.69) is 26.2 Å². The molecule has 0 aliphatic rings. The second-order valence-electron chi connectivity index (χ2n) is 3.72. The lowest BCUT2D eigenvalue weighted by atomic mass is 10.3. The predicted molar refractivity (Wildman–Crippen MR) is 78.1 cm³/mol. The molecule has 0 aliphatic heterocycles. The molecule has 2 aromatic rings. The highest BCUT2D eigenvalue weighted by molar-refractivity contribution is 9.10. The topological polar surface area (TPSA) is 42.0 Å². The summed E-state index contributed by atoms with van der Waals surface area (Å²) in [6, 6.07) is 4.42. The van der Waals surface area contributed by atoms with Crippen molar-refractivity contribution in [2.45, 2.75) is 12.3 Å². The van der Waals surface area contributed by atoms with Crippen molar-refractivity contribution in [2.75, 3.05) is 5.32 Å². The Bertz CT molecular complexity index is 605. The summed E-state index contributed by atoms with van der Waals surface area (Å²) < 4.78 is 13.6. The van der Waals surface area contributed by atoms with Gasteiger partial charge in [0.1, 0.15) is 10.8 Å². The SMILES string of the molecule is O=C(Cc1nc(CCl)cs1)Nc1ccc(Br)c(F)c1. The van der Waals surface area contributed by atoms with Crippen LogP contribution in [0.1, 0.15) is 10.7 Å². The molecule has 3 nitrogen and oxygen atoms in total. The fourth-order valence-corrected chi connectivity index (χ4v) is 2.68. The normalized spacial score (nSPS) is 10.5. The minimum absolute atomic E-state index is 0.152. The number of carbonyl (C=O) groups excluding carboxylic acids is 1. The van der Waals surface area contributed by atoms with Crippen LogP contribution in [0.3, 0.4) is 0 Å². The fourth-order valence-electron chi connectivity index (χ4n) is 1.41. The Kier molecular flexibility index (Phi) is 4.90. The first-order valence-corrected chi connectivity index (χ1v) is 7.53. The number of halogens is 3. The number of anilines is 1. The van der Waals surface area contributed by atoms with Gasteiger partial charge in [-0.25, -0.2) is 9.37 Å². The molecule has 1 aromatic heterocycles. The van der Waals surface area contributed by atoms with Gasteiger partial charge in [-0.2, -0.15) is 0 Å². The maximum absolute atomic E-state index is 13.3. The fraction of sp³-hybridized carbons (Fsp3) is 0.167. The summed E-state index contributed by atoms with van der Waals surface area (Å²) in [7, 11) is 0. The zero-order valence-corrected chi connectivity index (χ0v) is 12.8. The monoisotopic (exact) mass is 362 g/mol. The zero-order valence-electron chi connectivity index (χ0n) is 9.62. The molecule has 0 spiro atoms. The maximum atomic E-state index is 13.3. The van der Waals surface area contributed by atoms with Crippen molar-refractivity contribution in [3.8, 4) is 0 Å². The van der Waals surface area contributed by atoms with Crippen LogP contribution in [0.4, 0.5) is 10.1 Å². The van der Waals surface area contributed by atoms with E-state index >= 15 is 0 Å². The standard InChI is InChI=1S/C12H9BrClFN2OS/c13-9-2-1-7(3-10(9)15)16-11(18)4-12-17-8(5-14)6-19-12/h1-3,6H,4-5H2,(H,16,18). The van der Waals surface area contributed by atoms with Crippen molar-refractivity contribution in [3.05, 3.63) is 44.6 Å². The van der Waals surface area contributed by atoms with Gasteiger partial charge in [0, 0.05) is 11.1 Å². The maximum Gasteiger partial charge on any atom is 0.231 e. The molecular formula is C12H9BrClFN2OS. The van der Waals surface area contributed by atoms with E-state index in [1.807, 2.05) is 5.38 Å². The summed E-state index contributed by atoms with van der Waals surface area (Å²) in [6.07, 6.45) is 0.152. The average Bonchev–Trinajstić information content (AvgIpc) is 2.81. The van der Waals surface area contributed by atoms with Crippen molar-refractivity contribution in [2.24, 2.45) is 0 Å². The van der Waals surface area contributed by atoms with Gasteiger partial charge >= 0.3 is 0 Å². The molecule has 0 saturated carbocycles. The summed E-state index contributed by atoms with van der Waals surface area (Å²) in [5.74, 6) is -0.329. The number of carbonyl (C=O) groups is 1. The number of thiazole rings is 1. The van der Waals surface area contributed by atoms with Crippen molar-refractivity contribution < 1.29 is 9.18 Å². The van der Waals surface area contributed by atoms with Crippen LogP contribution in [0, 0.1) is 5.82 Å². The molecule has 1 heterocycles. The van der Waals surface area contributed by atoms with Crippen LogP contribution in [-0.4, -0.2) is 10.9 Å². The number of rotatable bonds is 4. The number of nitrogens with zero attached hydrogens (tertiary/aromatic N) is 1. The van der Waals surface area contributed by atoms with E-state index in [0.717, 1.165) is 5.69 Å². The van der Waals surface area contributed by atoms with Gasteiger partial charge in [-0.05, 0) is 34.1 Å². The number of hydrogen-bond acceptors (Lipinski definition) is 3. The summed E-state index contributed by atoms with van der Waals surface area (Å²) in [5, 5.41) is 5.12. The van der Waals surface area contributed by atoms with Gasteiger partial charge < -0.3 is 5.32 Å². The van der Waals surface area contributed by atoms with Gasteiger partial charge in [-0.1, -0.05) is 0 Å². The van der Waals surface area contributed by atoms with E-state index < -0.39 is 5.82 Å². The first kappa shape index (κ1) is 14.4. The van der Waals surface area contributed by atoms with Gasteiger partial charge in [0.2, 0.25) is 5.91 Å². The van der Waals surface area contributed by atoms with Crippen LogP contribution in [0.2, 0.25) is 0 Å². The molecule has 1 N–H and O–H groups in total. The van der Waals surface area contributed by atoms with Crippen LogP contribution in [-0.2, 0) is 17.1 Å². The molecule has 19 heavy (non-hydrogen) atoms. The predicted octanol–water partition coefficient (Wildman–Crippen LogP) is 3.96. The minimum Gasteiger partial charge on any atom is -0.326 e. The van der Waals surface area contributed by atoms with E-state index in [9.17, 15) is 9.18 Å². The van der Waals surface area contributed by atoms with Gasteiger partial charge in [-0.3, -0.25) is 4.79 Å². The highest BCUT2D eigenvalue weighted by Gasteiger charge is 2.09. The van der Waals surface area contributed by atoms with Crippen LogP contribution < -0.4 is 5.32 Å². The molecule has 1 amide bonds. The van der Waals surface area contributed by atoms with Crippen molar-refractivity contribution in [1.29, 1.82) is 0 Å². The molecule has 100 valence electrons. The van der Waals surface area contributed by atoms with Gasteiger partial charge in [0.15, 0.2) is 0 Å². The van der Waals surface area contributed by atoms with Gasteiger partial charge in [0.05, 0.1) is 22.5 Å². The largest absolute Gasteiger partial charge is 0.326 e. The molecular weight excluding hydrogens is 355 g/mol. The van der Waals surface area contributed by atoms with Gasteiger partial charge in [-0.15, -0.1) is 22.9 Å². The van der Waals surface area contributed by atoms with E-state index in [4.69, 9.17) is 11.6 Å². The third-order valence-corrected chi connectivity index (χ3v) is 4.07. The summed E-state index contributed by atoms with van der Waals surface area (Å²) in [5.41, 5.74) is 1.17. The summed E-state index contributed by atoms with van der Waals surface area (Å²) >= 11 is 10.1. The number of aromatic nitrogens is 1. The Hall–Kier alpha value is -0.980. The second kappa shape index (κ2) is 6.45. The number of benzene rings is 1. The van der Waals surface area contributed by atoms with Crippen LogP contribution >= 0.6 is 38.9 Å². The summed E-state index contributed by atoms with van der Waals surface area (Å²) in [4.78, 5) is 16.0. The lowest BCUT2D eigenvalue weighted by Crippen LogP contribution is -2.14. The molecule has 0 radical (unpaired) electrons. The molecule has 2 rings (SSSR count). The first-order valence-electron chi connectivity index (χ1n) is 5.32. The third-order valence-electron chi connectivity index (χ3n) is 2.25. The highest BCUT2D eigenvalue weighted by atomic mass is 79.9. The van der Waals surface area contributed by atoms with E-state index in [-0.39, 0.29) is 12.3 Å². The smallest absolute Gasteiger partial charge is 0.231 e. The molecule has 0 saturated heterocycles. The number of alkyl halides is 1. The Labute approximate surface area is 126 Å². The van der Waals surface area contributed by atoms with Crippen molar-refractivity contribution in [3.63, 3.8) is 0 Å². The quantitative estimate of drug-likeness (QED) is 0.835. The van der Waals surface area contributed by atoms with Gasteiger partial charge in [0.25, 0.3) is 0 Å². The molecule has 0 bridgehead atoms. The second-order valence-corrected chi connectivity index (χ2v) is 5.78. The summed E-state index contributed by atoms with van der Waals surface area (Å²) in [6.45, 7) is 0. The first-order chi connectivity index (χ1) is 9.08. The molecule has 1 aromatic carbocycles. The lowest BCUT2D eigenvalue weighted by molar-refractivity contribution is -0.115.